The van der Waals surface area contributed by atoms with E-state index in [1.54, 1.807) is 0 Å². The number of hydrogen-bond donors (Lipinski definition) is 0. The van der Waals surface area contributed by atoms with Crippen LogP contribution in [-0.4, -0.2) is 4.57 Å². The van der Waals surface area contributed by atoms with Crippen LogP contribution in [0.4, 0.5) is 17.1 Å². The second kappa shape index (κ2) is 14.1. The normalized spacial score (nSPS) is 11.6. The maximum atomic E-state index is 6.81. The fraction of sp³-hybridized carbons (Fsp3) is 0.0357. The molecule has 3 nitrogen and oxygen atoms in total. The fourth-order valence-electron chi connectivity index (χ4n) is 9.01. The van der Waals surface area contributed by atoms with Gasteiger partial charge in [-0.05, 0) is 120 Å². The van der Waals surface area contributed by atoms with Crippen LogP contribution in [0.5, 0.6) is 0 Å². The third-order valence-corrected chi connectivity index (χ3v) is 11.7. The Kier molecular flexibility index (Phi) is 8.27. The molecule has 9 aromatic carbocycles. The Balaban J connectivity index is 1.18. The summed E-state index contributed by atoms with van der Waals surface area (Å²) in [6.45, 7) is 4.40. The summed E-state index contributed by atoms with van der Waals surface area (Å²) in [7, 11) is 0. The van der Waals surface area contributed by atoms with E-state index in [1.165, 1.54) is 55.2 Å². The number of fused-ring (bicyclic) bond motifs is 6. The van der Waals surface area contributed by atoms with E-state index in [1.807, 2.05) is 0 Å². The van der Waals surface area contributed by atoms with E-state index in [9.17, 15) is 0 Å². The van der Waals surface area contributed by atoms with Crippen molar-refractivity contribution in [2.75, 3.05) is 4.90 Å². The molecule has 0 unspecified atom stereocenters. The molecule has 0 amide bonds. The Labute approximate surface area is 343 Å². The quantitative estimate of drug-likeness (QED) is 0.161. The molecule has 11 rings (SSSR count). The monoisotopic (exact) mass is 756 g/mol. The van der Waals surface area contributed by atoms with Crippen molar-refractivity contribution in [2.45, 2.75) is 13.8 Å². The minimum absolute atomic E-state index is 0.872. The van der Waals surface area contributed by atoms with Crippen molar-refractivity contribution in [1.82, 2.24) is 4.57 Å². The zero-order valence-electron chi connectivity index (χ0n) is 32.9. The molecule has 0 N–H and O–H groups in total. The number of hydrogen-bond acceptors (Lipinski definition) is 2. The van der Waals surface area contributed by atoms with Crippen molar-refractivity contribution < 1.29 is 4.42 Å². The van der Waals surface area contributed by atoms with Gasteiger partial charge in [-0.3, -0.25) is 0 Å². The summed E-state index contributed by atoms with van der Waals surface area (Å²) in [6, 6.07) is 74.4. The van der Waals surface area contributed by atoms with E-state index in [0.29, 0.717) is 0 Å². The van der Waals surface area contributed by atoms with Crippen LogP contribution < -0.4 is 4.90 Å². The minimum Gasteiger partial charge on any atom is -0.455 e. The van der Waals surface area contributed by atoms with Gasteiger partial charge in [-0.2, -0.15) is 0 Å². The summed E-state index contributed by atoms with van der Waals surface area (Å²) < 4.78 is 9.20. The highest BCUT2D eigenvalue weighted by atomic mass is 16.3. The first-order chi connectivity index (χ1) is 29.1. The van der Waals surface area contributed by atoms with Crippen LogP contribution in [0, 0.1) is 13.8 Å². The number of anilines is 3. The topological polar surface area (TPSA) is 21.3 Å². The van der Waals surface area contributed by atoms with Gasteiger partial charge in [0.25, 0.3) is 0 Å². The lowest BCUT2D eigenvalue weighted by molar-refractivity contribution is 0.670. The molecule has 3 heteroatoms. The van der Waals surface area contributed by atoms with E-state index in [0.717, 1.165) is 55.8 Å². The molecule has 280 valence electrons. The second-order valence-corrected chi connectivity index (χ2v) is 15.5. The zero-order valence-corrected chi connectivity index (χ0v) is 32.9. The van der Waals surface area contributed by atoms with E-state index < -0.39 is 0 Å². The summed E-state index contributed by atoms with van der Waals surface area (Å²) in [6.07, 6.45) is 0. The second-order valence-electron chi connectivity index (χ2n) is 15.5. The Morgan fingerprint density at radius 3 is 1.69 bits per heavy atom. The lowest BCUT2D eigenvalue weighted by Crippen LogP contribution is -2.12. The Bertz CT molecular complexity index is 3300. The molecule has 0 saturated carbocycles. The molecular weight excluding hydrogens is 717 g/mol. The predicted molar refractivity (Wildman–Crippen MR) is 249 cm³/mol. The molecule has 0 saturated heterocycles. The average Bonchev–Trinajstić information content (AvgIpc) is 3.83. The van der Waals surface area contributed by atoms with Crippen molar-refractivity contribution in [3.8, 4) is 39.1 Å². The van der Waals surface area contributed by atoms with Crippen LogP contribution in [0.2, 0.25) is 0 Å². The Morgan fingerprint density at radius 1 is 0.407 bits per heavy atom. The van der Waals surface area contributed by atoms with Crippen LogP contribution in [0.3, 0.4) is 0 Å². The predicted octanol–water partition coefficient (Wildman–Crippen LogP) is 15.8. The highest BCUT2D eigenvalue weighted by molar-refractivity contribution is 6.12. The maximum Gasteiger partial charge on any atom is 0.143 e. The van der Waals surface area contributed by atoms with Gasteiger partial charge in [-0.1, -0.05) is 140 Å². The molecule has 11 aromatic rings. The van der Waals surface area contributed by atoms with Gasteiger partial charge in [0.2, 0.25) is 0 Å². The van der Waals surface area contributed by atoms with Gasteiger partial charge in [-0.15, -0.1) is 0 Å². The van der Waals surface area contributed by atoms with Gasteiger partial charge in [0.05, 0.1) is 11.0 Å². The summed E-state index contributed by atoms with van der Waals surface area (Å²) in [5, 5.41) is 4.66. The first-order valence-electron chi connectivity index (χ1n) is 20.3. The molecule has 0 radical (unpaired) electrons. The van der Waals surface area contributed by atoms with Crippen LogP contribution in [-0.2, 0) is 0 Å². The van der Waals surface area contributed by atoms with Gasteiger partial charge in [0.15, 0.2) is 0 Å². The minimum atomic E-state index is 0.872. The van der Waals surface area contributed by atoms with Crippen molar-refractivity contribution in [3.63, 3.8) is 0 Å². The number of rotatable bonds is 7. The van der Waals surface area contributed by atoms with Crippen molar-refractivity contribution >= 4 is 60.8 Å². The highest BCUT2D eigenvalue weighted by Crippen LogP contribution is 2.47. The van der Waals surface area contributed by atoms with Crippen molar-refractivity contribution in [2.24, 2.45) is 0 Å². The van der Waals surface area contributed by atoms with Crippen LogP contribution >= 0.6 is 0 Å². The number of aromatic nitrogens is 1. The molecule has 0 spiro atoms. The molecule has 0 aliphatic heterocycles. The largest absolute Gasteiger partial charge is 0.455 e. The first kappa shape index (κ1) is 34.6. The molecule has 59 heavy (non-hydrogen) atoms. The third kappa shape index (κ3) is 5.90. The number of para-hydroxylation sites is 3. The van der Waals surface area contributed by atoms with Gasteiger partial charge >= 0.3 is 0 Å². The van der Waals surface area contributed by atoms with E-state index in [2.05, 4.69) is 230 Å². The fourth-order valence-corrected chi connectivity index (χ4v) is 9.01. The average molecular weight is 757 g/mol. The SMILES string of the molecule is Cc1cccc(N(c2cc(-c3cccc(-n4c5ccccc5c5ccccc54)c3)c3oc4ccccc4c3c2)c2cc(-c3ccccc3)c(-c3ccccc3)cc2C)c1. The molecular formula is C56H40N2O. The standard InChI is InChI=1S/C56H40N2O/c1-37-17-15-23-42(31-37)57(54-36-49(40-20-7-4-8-21-40)48(32-38(54)2)39-18-5-3-6-19-39)44-34-50(56-51(35-44)47-27-11-14-30-55(47)59-56)41-22-16-24-43(33-41)58-52-28-12-9-25-45(52)46-26-10-13-29-53(46)58/h3-36H,1-2H3. The van der Waals surface area contributed by atoms with Gasteiger partial charge < -0.3 is 13.9 Å². The Morgan fingerprint density at radius 2 is 1.00 bits per heavy atom. The highest BCUT2D eigenvalue weighted by Gasteiger charge is 2.23. The van der Waals surface area contributed by atoms with E-state index in [-0.39, 0.29) is 0 Å². The van der Waals surface area contributed by atoms with Gasteiger partial charge in [0, 0.05) is 49.9 Å². The third-order valence-electron chi connectivity index (χ3n) is 11.7. The molecule has 2 heterocycles. The van der Waals surface area contributed by atoms with Crippen LogP contribution in [0.1, 0.15) is 11.1 Å². The van der Waals surface area contributed by atoms with E-state index in [4.69, 9.17) is 4.42 Å². The van der Waals surface area contributed by atoms with E-state index >= 15 is 0 Å². The summed E-state index contributed by atoms with van der Waals surface area (Å²) >= 11 is 0. The maximum absolute atomic E-state index is 6.81. The molecule has 2 aromatic heterocycles. The molecule has 0 atom stereocenters. The smallest absolute Gasteiger partial charge is 0.143 e. The summed E-state index contributed by atoms with van der Waals surface area (Å²) in [4.78, 5) is 2.44. The molecule has 0 aliphatic carbocycles. The number of benzene rings is 9. The van der Waals surface area contributed by atoms with Crippen LogP contribution in [0.15, 0.2) is 211 Å². The number of nitrogens with zero attached hydrogens (tertiary/aromatic N) is 2. The number of aryl methyl sites for hydroxylation is 2. The lowest BCUT2D eigenvalue weighted by Gasteiger charge is -2.29. The molecule has 0 fully saturated rings. The summed E-state index contributed by atoms with van der Waals surface area (Å²) in [5.74, 6) is 0. The molecule has 0 aliphatic rings. The molecule has 0 bridgehead atoms. The number of furan rings is 1. The zero-order chi connectivity index (χ0) is 39.5. The Hall–Kier alpha value is -7.62. The summed E-state index contributed by atoms with van der Waals surface area (Å²) in [5.41, 5.74) is 17.7. The van der Waals surface area contributed by atoms with Gasteiger partial charge in [-0.25, -0.2) is 0 Å². The van der Waals surface area contributed by atoms with Crippen molar-refractivity contribution in [3.05, 3.63) is 217 Å². The first-order valence-corrected chi connectivity index (χ1v) is 20.3. The lowest BCUT2D eigenvalue weighted by atomic mass is 9.91. The van der Waals surface area contributed by atoms with Gasteiger partial charge in [0.1, 0.15) is 11.2 Å². The van der Waals surface area contributed by atoms with Crippen molar-refractivity contribution in [1.29, 1.82) is 0 Å². The van der Waals surface area contributed by atoms with Crippen LogP contribution in [0.25, 0.3) is 82.8 Å².